The van der Waals surface area contributed by atoms with Crippen LogP contribution in [0.15, 0.2) is 42.9 Å². The van der Waals surface area contributed by atoms with Crippen molar-refractivity contribution in [2.24, 2.45) is 0 Å². The molecule has 6 nitrogen and oxygen atoms in total. The number of anilines is 5. The zero-order chi connectivity index (χ0) is 17.1. The third-order valence-corrected chi connectivity index (χ3v) is 3.69. The van der Waals surface area contributed by atoms with Crippen molar-refractivity contribution in [3.63, 3.8) is 0 Å². The summed E-state index contributed by atoms with van der Waals surface area (Å²) in [5.74, 6) is 1.58. The average molecular weight is 361 g/mol. The second kappa shape index (κ2) is 6.90. The van der Waals surface area contributed by atoms with E-state index < -0.39 is 0 Å². The molecule has 0 atom stereocenters. The molecule has 0 aliphatic heterocycles. The van der Waals surface area contributed by atoms with Crippen LogP contribution in [0.1, 0.15) is 5.56 Å². The van der Waals surface area contributed by atoms with E-state index in [1.165, 1.54) is 6.33 Å². The summed E-state index contributed by atoms with van der Waals surface area (Å²) in [5, 5.41) is 7.23. The molecule has 2 heterocycles. The molecule has 0 aliphatic carbocycles. The van der Waals surface area contributed by atoms with Gasteiger partial charge in [0.25, 0.3) is 0 Å². The Morgan fingerprint density at radius 2 is 1.58 bits per heavy atom. The van der Waals surface area contributed by atoms with Crippen molar-refractivity contribution in [3.8, 4) is 0 Å². The van der Waals surface area contributed by atoms with Gasteiger partial charge in [0.05, 0.1) is 0 Å². The molecule has 0 spiro atoms. The minimum absolute atomic E-state index is 0.360. The number of nitrogens with zero attached hydrogens (tertiary/aromatic N) is 3. The van der Waals surface area contributed by atoms with E-state index in [1.54, 1.807) is 24.4 Å². The van der Waals surface area contributed by atoms with Crippen LogP contribution in [0.25, 0.3) is 0 Å². The Kier molecular flexibility index (Phi) is 4.69. The van der Waals surface area contributed by atoms with Crippen molar-refractivity contribution in [1.82, 2.24) is 15.0 Å². The number of benzene rings is 1. The fourth-order valence-electron chi connectivity index (χ4n) is 2.09. The summed E-state index contributed by atoms with van der Waals surface area (Å²) in [7, 11) is 0. The second-order valence-corrected chi connectivity index (χ2v) is 5.93. The van der Waals surface area contributed by atoms with Gasteiger partial charge in [0.2, 0.25) is 0 Å². The predicted molar refractivity (Wildman–Crippen MR) is 98.4 cm³/mol. The third kappa shape index (κ3) is 3.67. The van der Waals surface area contributed by atoms with Crippen LogP contribution in [0.2, 0.25) is 10.0 Å². The first kappa shape index (κ1) is 16.3. The molecular weight excluding hydrogens is 347 g/mol. The number of nitrogen functional groups attached to an aromatic ring is 1. The number of aryl methyl sites for hydroxylation is 1. The molecule has 3 rings (SSSR count). The van der Waals surface area contributed by atoms with Crippen LogP contribution >= 0.6 is 23.2 Å². The van der Waals surface area contributed by atoms with Gasteiger partial charge in [0, 0.05) is 21.9 Å². The fourth-order valence-corrected chi connectivity index (χ4v) is 2.61. The first-order chi connectivity index (χ1) is 11.5. The number of nitrogens with two attached hydrogens (primary N) is 1. The Morgan fingerprint density at radius 1 is 0.917 bits per heavy atom. The smallest absolute Gasteiger partial charge is 0.160 e. The van der Waals surface area contributed by atoms with E-state index in [0.717, 1.165) is 5.56 Å². The minimum atomic E-state index is 0.360. The van der Waals surface area contributed by atoms with Gasteiger partial charge in [0.1, 0.15) is 17.8 Å². The van der Waals surface area contributed by atoms with Crippen LogP contribution in [-0.4, -0.2) is 15.0 Å². The topological polar surface area (TPSA) is 88.8 Å². The highest BCUT2D eigenvalue weighted by Crippen LogP contribution is 2.30. The SMILES string of the molecule is Cc1cccnc1Nc1ncnc(Nc2cc(Cl)cc(Cl)c2)c1N. The number of hydrogen-bond donors (Lipinski definition) is 3. The molecule has 0 aliphatic rings. The van der Waals surface area contributed by atoms with Gasteiger partial charge >= 0.3 is 0 Å². The van der Waals surface area contributed by atoms with Gasteiger partial charge in [-0.05, 0) is 36.8 Å². The highest BCUT2D eigenvalue weighted by Gasteiger charge is 2.10. The quantitative estimate of drug-likeness (QED) is 0.632. The predicted octanol–water partition coefficient (Wildman–Crippen LogP) is 4.56. The maximum Gasteiger partial charge on any atom is 0.160 e. The molecule has 0 saturated heterocycles. The number of hydrogen-bond acceptors (Lipinski definition) is 6. The molecule has 0 saturated carbocycles. The Morgan fingerprint density at radius 3 is 2.25 bits per heavy atom. The van der Waals surface area contributed by atoms with Gasteiger partial charge in [-0.1, -0.05) is 29.3 Å². The van der Waals surface area contributed by atoms with E-state index in [0.29, 0.717) is 38.9 Å². The second-order valence-electron chi connectivity index (χ2n) is 5.06. The van der Waals surface area contributed by atoms with Crippen molar-refractivity contribution in [2.45, 2.75) is 6.92 Å². The van der Waals surface area contributed by atoms with Crippen molar-refractivity contribution in [2.75, 3.05) is 16.4 Å². The Hall–Kier alpha value is -2.57. The van der Waals surface area contributed by atoms with Crippen molar-refractivity contribution < 1.29 is 0 Å². The summed E-state index contributed by atoms with van der Waals surface area (Å²) >= 11 is 12.0. The first-order valence-corrected chi connectivity index (χ1v) is 7.81. The van der Waals surface area contributed by atoms with Crippen molar-refractivity contribution in [1.29, 1.82) is 0 Å². The monoisotopic (exact) mass is 360 g/mol. The molecule has 0 bridgehead atoms. The van der Waals surface area contributed by atoms with Crippen LogP contribution in [0.4, 0.5) is 28.8 Å². The molecular formula is C16H14Cl2N6. The fraction of sp³-hybridized carbons (Fsp3) is 0.0625. The Balaban J connectivity index is 1.89. The molecule has 8 heteroatoms. The van der Waals surface area contributed by atoms with E-state index >= 15 is 0 Å². The zero-order valence-electron chi connectivity index (χ0n) is 12.7. The third-order valence-electron chi connectivity index (χ3n) is 3.26. The number of pyridine rings is 1. The molecule has 0 amide bonds. The lowest BCUT2D eigenvalue weighted by molar-refractivity contribution is 1.15. The lowest BCUT2D eigenvalue weighted by Crippen LogP contribution is -2.06. The van der Waals surface area contributed by atoms with Gasteiger partial charge in [-0.25, -0.2) is 15.0 Å². The largest absolute Gasteiger partial charge is 0.393 e. The van der Waals surface area contributed by atoms with E-state index in [4.69, 9.17) is 28.9 Å². The molecule has 0 fully saturated rings. The molecule has 1 aromatic carbocycles. The normalized spacial score (nSPS) is 10.5. The van der Waals surface area contributed by atoms with Gasteiger partial charge in [-0.15, -0.1) is 0 Å². The summed E-state index contributed by atoms with van der Waals surface area (Å²) < 4.78 is 0. The molecule has 3 aromatic rings. The molecule has 0 unspecified atom stereocenters. The summed E-state index contributed by atoms with van der Waals surface area (Å²) in [6.45, 7) is 1.94. The molecule has 122 valence electrons. The maximum atomic E-state index is 6.16. The van der Waals surface area contributed by atoms with E-state index in [1.807, 2.05) is 19.1 Å². The summed E-state index contributed by atoms with van der Waals surface area (Å²) in [5.41, 5.74) is 8.18. The zero-order valence-corrected chi connectivity index (χ0v) is 14.2. The highest BCUT2D eigenvalue weighted by atomic mass is 35.5. The lowest BCUT2D eigenvalue weighted by Gasteiger charge is -2.13. The Labute approximate surface area is 149 Å². The number of nitrogens with one attached hydrogen (secondary N) is 2. The lowest BCUT2D eigenvalue weighted by atomic mass is 10.3. The summed E-state index contributed by atoms with van der Waals surface area (Å²) in [6, 6.07) is 8.91. The maximum absolute atomic E-state index is 6.16. The van der Waals surface area contributed by atoms with E-state index in [2.05, 4.69) is 25.6 Å². The van der Waals surface area contributed by atoms with Gasteiger partial charge in [-0.2, -0.15) is 0 Å². The summed E-state index contributed by atoms with van der Waals surface area (Å²) in [6.07, 6.45) is 3.10. The standard InChI is InChI=1S/C16H14Cl2N6/c1-9-3-2-4-20-14(9)24-16-13(19)15(21-8-22-16)23-12-6-10(17)5-11(18)7-12/h2-8H,19H2,1H3,(H2,20,21,22,23,24). The van der Waals surface area contributed by atoms with Crippen molar-refractivity contribution >= 4 is 52.0 Å². The molecule has 24 heavy (non-hydrogen) atoms. The van der Waals surface area contributed by atoms with Gasteiger partial charge in [-0.3, -0.25) is 0 Å². The van der Waals surface area contributed by atoms with Gasteiger partial charge < -0.3 is 16.4 Å². The molecule has 4 N–H and O–H groups in total. The minimum Gasteiger partial charge on any atom is -0.393 e. The number of rotatable bonds is 4. The number of aromatic nitrogens is 3. The van der Waals surface area contributed by atoms with Crippen LogP contribution in [-0.2, 0) is 0 Å². The molecule has 2 aromatic heterocycles. The van der Waals surface area contributed by atoms with Crippen LogP contribution in [0.3, 0.4) is 0 Å². The van der Waals surface area contributed by atoms with Crippen LogP contribution in [0.5, 0.6) is 0 Å². The van der Waals surface area contributed by atoms with E-state index in [9.17, 15) is 0 Å². The highest BCUT2D eigenvalue weighted by molar-refractivity contribution is 6.35. The Bertz CT molecular complexity index is 864. The van der Waals surface area contributed by atoms with Crippen LogP contribution in [0, 0.1) is 6.92 Å². The first-order valence-electron chi connectivity index (χ1n) is 7.05. The van der Waals surface area contributed by atoms with Crippen molar-refractivity contribution in [3.05, 3.63) is 58.5 Å². The molecule has 0 radical (unpaired) electrons. The van der Waals surface area contributed by atoms with Gasteiger partial charge in [0.15, 0.2) is 11.6 Å². The average Bonchev–Trinajstić information content (AvgIpc) is 2.52. The number of halogens is 2. The van der Waals surface area contributed by atoms with Crippen LogP contribution < -0.4 is 16.4 Å². The summed E-state index contributed by atoms with van der Waals surface area (Å²) in [4.78, 5) is 12.6. The van der Waals surface area contributed by atoms with E-state index in [-0.39, 0.29) is 0 Å².